The van der Waals surface area contributed by atoms with Gasteiger partial charge in [0, 0.05) is 30.6 Å². The third-order valence-electron chi connectivity index (χ3n) is 6.90. The molecule has 9 heteroatoms. The van der Waals surface area contributed by atoms with Gasteiger partial charge in [0.1, 0.15) is 23.1 Å². The predicted octanol–water partition coefficient (Wildman–Crippen LogP) is 3.58. The quantitative estimate of drug-likeness (QED) is 0.640. The molecule has 37 heavy (non-hydrogen) atoms. The molecule has 2 aromatic carbocycles. The zero-order valence-corrected chi connectivity index (χ0v) is 21.3. The largest absolute Gasteiger partial charge is 0.457 e. The van der Waals surface area contributed by atoms with Crippen LogP contribution in [0.5, 0.6) is 11.5 Å². The van der Waals surface area contributed by atoms with Crippen LogP contribution in [0.25, 0.3) is 0 Å². The number of amides is 4. The minimum Gasteiger partial charge on any atom is -0.457 e. The van der Waals surface area contributed by atoms with E-state index < -0.39 is 17.6 Å². The van der Waals surface area contributed by atoms with E-state index in [2.05, 4.69) is 5.32 Å². The molecule has 3 heterocycles. The topological polar surface area (TPSA) is 105 Å². The van der Waals surface area contributed by atoms with Gasteiger partial charge >= 0.3 is 6.09 Å². The summed E-state index contributed by atoms with van der Waals surface area (Å²) in [6, 6.07) is 10.5. The summed E-state index contributed by atoms with van der Waals surface area (Å²) in [4.78, 5) is 52.8. The molecule has 3 aliphatic rings. The first-order chi connectivity index (χ1) is 17.6. The van der Waals surface area contributed by atoms with Gasteiger partial charge in [0.2, 0.25) is 11.8 Å². The SMILES string of the molecule is CC(C)(C)OC(=O)N1CCc2ccc(Oc3cccc4c3CN(C3CCC(=O)NC3=O)C4=O)cc2CC1. The van der Waals surface area contributed by atoms with E-state index in [1.165, 1.54) is 4.90 Å². The van der Waals surface area contributed by atoms with Crippen LogP contribution in [0.15, 0.2) is 36.4 Å². The number of nitrogens with zero attached hydrogens (tertiary/aromatic N) is 2. The Kier molecular flexibility index (Phi) is 6.39. The molecule has 2 aromatic rings. The highest BCUT2D eigenvalue weighted by molar-refractivity contribution is 6.05. The van der Waals surface area contributed by atoms with Crippen molar-refractivity contribution in [3.63, 3.8) is 0 Å². The van der Waals surface area contributed by atoms with Crippen molar-refractivity contribution in [1.82, 2.24) is 15.1 Å². The predicted molar refractivity (Wildman–Crippen MR) is 134 cm³/mol. The molecule has 0 aromatic heterocycles. The second-order valence-corrected chi connectivity index (χ2v) is 10.7. The summed E-state index contributed by atoms with van der Waals surface area (Å²) in [5.74, 6) is 0.214. The van der Waals surface area contributed by atoms with Crippen LogP contribution in [0.3, 0.4) is 0 Å². The van der Waals surface area contributed by atoms with E-state index in [-0.39, 0.29) is 30.9 Å². The van der Waals surface area contributed by atoms with Crippen LogP contribution in [0.1, 0.15) is 60.7 Å². The molecule has 9 nitrogen and oxygen atoms in total. The number of piperidine rings is 1. The van der Waals surface area contributed by atoms with Gasteiger partial charge in [-0.1, -0.05) is 12.1 Å². The molecule has 5 rings (SSSR count). The monoisotopic (exact) mass is 505 g/mol. The first kappa shape index (κ1) is 24.8. The maximum absolute atomic E-state index is 13.1. The Balaban J connectivity index is 1.31. The number of hydrogen-bond donors (Lipinski definition) is 1. The summed E-state index contributed by atoms with van der Waals surface area (Å²) >= 11 is 0. The van der Waals surface area contributed by atoms with E-state index in [1.807, 2.05) is 45.0 Å². The summed E-state index contributed by atoms with van der Waals surface area (Å²) in [5.41, 5.74) is 2.96. The maximum Gasteiger partial charge on any atom is 0.410 e. The highest BCUT2D eigenvalue weighted by Crippen LogP contribution is 2.36. The molecule has 1 unspecified atom stereocenters. The lowest BCUT2D eigenvalue weighted by atomic mass is 10.0. The fourth-order valence-electron chi connectivity index (χ4n) is 5.05. The first-order valence-electron chi connectivity index (χ1n) is 12.6. The number of hydrogen-bond acceptors (Lipinski definition) is 6. The lowest BCUT2D eigenvalue weighted by Crippen LogP contribution is -2.52. The number of imide groups is 1. The van der Waals surface area contributed by atoms with Crippen molar-refractivity contribution in [2.75, 3.05) is 13.1 Å². The number of carbonyl (C=O) groups is 4. The van der Waals surface area contributed by atoms with Gasteiger partial charge in [-0.3, -0.25) is 19.7 Å². The van der Waals surface area contributed by atoms with Gasteiger partial charge in [0.15, 0.2) is 0 Å². The Labute approximate surface area is 215 Å². The molecule has 0 radical (unpaired) electrons. The molecule has 0 saturated carbocycles. The minimum atomic E-state index is -0.675. The molecule has 0 aliphatic carbocycles. The van der Waals surface area contributed by atoms with Gasteiger partial charge in [-0.2, -0.15) is 0 Å². The molecule has 0 bridgehead atoms. The zero-order valence-electron chi connectivity index (χ0n) is 21.3. The second-order valence-electron chi connectivity index (χ2n) is 10.7. The molecule has 3 aliphatic heterocycles. The molecular weight excluding hydrogens is 474 g/mol. The van der Waals surface area contributed by atoms with E-state index in [0.717, 1.165) is 23.1 Å². The molecular formula is C28H31N3O6. The summed E-state index contributed by atoms with van der Waals surface area (Å²) < 4.78 is 11.8. The normalized spacial score (nSPS) is 19.6. The van der Waals surface area contributed by atoms with Gasteiger partial charge in [-0.25, -0.2) is 4.79 Å². The van der Waals surface area contributed by atoms with Gasteiger partial charge in [-0.05, 0) is 75.4 Å². The zero-order chi connectivity index (χ0) is 26.3. The molecule has 4 amide bonds. The number of fused-ring (bicyclic) bond motifs is 2. The van der Waals surface area contributed by atoms with Crippen LogP contribution in [0, 0.1) is 0 Å². The summed E-state index contributed by atoms with van der Waals surface area (Å²) in [6.45, 7) is 6.97. The lowest BCUT2D eigenvalue weighted by Gasteiger charge is -2.29. The highest BCUT2D eigenvalue weighted by Gasteiger charge is 2.40. The first-order valence-corrected chi connectivity index (χ1v) is 12.6. The van der Waals surface area contributed by atoms with E-state index in [9.17, 15) is 19.2 Å². The van der Waals surface area contributed by atoms with Gasteiger partial charge in [-0.15, -0.1) is 0 Å². The Bertz CT molecular complexity index is 1280. The van der Waals surface area contributed by atoms with Gasteiger partial charge < -0.3 is 19.3 Å². The van der Waals surface area contributed by atoms with E-state index in [4.69, 9.17) is 9.47 Å². The summed E-state index contributed by atoms with van der Waals surface area (Å²) in [7, 11) is 0. The molecule has 1 atom stereocenters. The standard InChI is InChI=1S/C28H31N3O6/c1-28(2,3)37-27(35)30-13-11-17-7-8-19(15-18(17)12-14-30)36-23-6-4-5-20-21(23)16-31(26(20)34)22-9-10-24(32)29-25(22)33/h4-8,15,22H,9-14,16H2,1-3H3,(H,29,32,33). The highest BCUT2D eigenvalue weighted by atomic mass is 16.6. The van der Waals surface area contributed by atoms with Crippen molar-refractivity contribution in [2.45, 2.75) is 64.6 Å². The van der Waals surface area contributed by atoms with Crippen LogP contribution in [-0.4, -0.2) is 58.3 Å². The van der Waals surface area contributed by atoms with Crippen LogP contribution >= 0.6 is 0 Å². The van der Waals surface area contributed by atoms with Gasteiger partial charge in [0.05, 0.1) is 6.54 Å². The van der Waals surface area contributed by atoms with Crippen molar-refractivity contribution in [2.24, 2.45) is 0 Å². The number of ether oxygens (including phenoxy) is 2. The maximum atomic E-state index is 13.1. The fourth-order valence-corrected chi connectivity index (χ4v) is 5.05. The second kappa shape index (κ2) is 9.53. The number of nitrogens with one attached hydrogen (secondary N) is 1. The molecule has 194 valence electrons. The van der Waals surface area contributed by atoms with Gasteiger partial charge in [0.25, 0.3) is 5.91 Å². The van der Waals surface area contributed by atoms with Crippen LogP contribution in [0.2, 0.25) is 0 Å². The minimum absolute atomic E-state index is 0.209. The molecule has 1 fully saturated rings. The van der Waals surface area contributed by atoms with Crippen molar-refractivity contribution in [1.29, 1.82) is 0 Å². The third-order valence-corrected chi connectivity index (χ3v) is 6.90. The summed E-state index contributed by atoms with van der Waals surface area (Å²) in [5, 5.41) is 2.33. The average Bonchev–Trinajstić information content (AvgIpc) is 3.02. The molecule has 0 spiro atoms. The Morgan fingerprint density at radius 2 is 1.76 bits per heavy atom. The van der Waals surface area contributed by atoms with E-state index >= 15 is 0 Å². The smallest absolute Gasteiger partial charge is 0.410 e. The van der Waals surface area contributed by atoms with E-state index in [1.54, 1.807) is 17.0 Å². The molecule has 1 saturated heterocycles. The molecule has 1 N–H and O–H groups in total. The Hall–Kier alpha value is -3.88. The Morgan fingerprint density at radius 1 is 1.00 bits per heavy atom. The fraction of sp³-hybridized carbons (Fsp3) is 0.429. The number of carbonyl (C=O) groups excluding carboxylic acids is 4. The van der Waals surface area contributed by atoms with Crippen LogP contribution in [-0.2, 0) is 33.7 Å². The van der Waals surface area contributed by atoms with Crippen LogP contribution in [0.4, 0.5) is 4.79 Å². The van der Waals surface area contributed by atoms with Crippen molar-refractivity contribution in [3.05, 3.63) is 58.7 Å². The number of benzene rings is 2. The third kappa shape index (κ3) is 5.16. The van der Waals surface area contributed by atoms with Crippen molar-refractivity contribution in [3.8, 4) is 11.5 Å². The van der Waals surface area contributed by atoms with E-state index in [0.29, 0.717) is 43.0 Å². The lowest BCUT2D eigenvalue weighted by molar-refractivity contribution is -0.136. The van der Waals surface area contributed by atoms with Crippen molar-refractivity contribution < 1.29 is 28.7 Å². The van der Waals surface area contributed by atoms with Crippen LogP contribution < -0.4 is 10.1 Å². The Morgan fingerprint density at radius 3 is 2.49 bits per heavy atom. The average molecular weight is 506 g/mol. The van der Waals surface area contributed by atoms with Crippen molar-refractivity contribution >= 4 is 23.8 Å². The summed E-state index contributed by atoms with van der Waals surface area (Å²) in [6.07, 6.45) is 1.62. The number of rotatable bonds is 3.